The number of furan rings is 3. The van der Waals surface area contributed by atoms with Crippen molar-refractivity contribution in [2.75, 3.05) is 0 Å². The number of hydrogen-bond donors (Lipinski definition) is 0. The van der Waals surface area contributed by atoms with Crippen LogP contribution in [0.15, 0.2) is 182 Å². The second-order valence-corrected chi connectivity index (χ2v) is 15.8. The third kappa shape index (κ3) is 5.09. The number of nitrogens with zero attached hydrogens (tertiary/aromatic N) is 3. The summed E-state index contributed by atoms with van der Waals surface area (Å²) >= 11 is 0. The molecule has 0 amide bonds. The fourth-order valence-corrected chi connectivity index (χ4v) is 9.45. The van der Waals surface area contributed by atoms with Crippen LogP contribution in [0.4, 0.5) is 0 Å². The molecule has 4 aromatic heterocycles. The van der Waals surface area contributed by atoms with Crippen molar-refractivity contribution in [2.24, 2.45) is 0 Å². The monoisotopic (exact) mass is 759 g/mol. The predicted molar refractivity (Wildman–Crippen MR) is 237 cm³/mol. The molecule has 2 aliphatic carbocycles. The maximum atomic E-state index is 6.69. The summed E-state index contributed by atoms with van der Waals surface area (Å²) in [6, 6.07) is 46.1. The molecule has 2 aliphatic rings. The van der Waals surface area contributed by atoms with Crippen LogP contribution in [-0.2, 0) is 0 Å². The first kappa shape index (κ1) is 32.5. The van der Waals surface area contributed by atoms with E-state index in [0.29, 0.717) is 11.6 Å². The topological polar surface area (TPSA) is 78.1 Å². The van der Waals surface area contributed by atoms with Gasteiger partial charge < -0.3 is 13.3 Å². The van der Waals surface area contributed by atoms with Crippen molar-refractivity contribution in [3.8, 4) is 33.9 Å². The van der Waals surface area contributed by atoms with Crippen molar-refractivity contribution in [2.45, 2.75) is 25.2 Å². The highest BCUT2D eigenvalue weighted by molar-refractivity contribution is 6.18. The summed E-state index contributed by atoms with van der Waals surface area (Å²) in [6.45, 7) is 0. The minimum absolute atomic E-state index is 0.0175. The van der Waals surface area contributed by atoms with Gasteiger partial charge in [0.05, 0.1) is 0 Å². The SMILES string of the molecule is C1=CC2=C(C=CC(c3nc(-c4ccc5oc6ccccc6c5c4)nc(-c4cc(-c5cccc6oc7cc8ccccc8cc7c56)cc5oc6ccccc6c45)n3)C2)CC1. The molecule has 0 saturated heterocycles. The van der Waals surface area contributed by atoms with Gasteiger partial charge in [0.1, 0.15) is 39.3 Å². The maximum Gasteiger partial charge on any atom is 0.164 e. The van der Waals surface area contributed by atoms with Crippen molar-refractivity contribution in [1.29, 1.82) is 0 Å². The highest BCUT2D eigenvalue weighted by Gasteiger charge is 2.25. The average molecular weight is 760 g/mol. The van der Waals surface area contributed by atoms with E-state index in [1.54, 1.807) is 0 Å². The van der Waals surface area contributed by atoms with Crippen molar-refractivity contribution < 1.29 is 13.3 Å². The molecule has 11 aromatic rings. The quantitative estimate of drug-likeness (QED) is 0.178. The molecule has 59 heavy (non-hydrogen) atoms. The third-order valence-corrected chi connectivity index (χ3v) is 12.3. The second kappa shape index (κ2) is 12.5. The molecular formula is C53H33N3O3. The summed E-state index contributed by atoms with van der Waals surface area (Å²) in [6.07, 6.45) is 12.1. The zero-order valence-electron chi connectivity index (χ0n) is 31.8. The molecule has 1 unspecified atom stereocenters. The van der Waals surface area contributed by atoms with Gasteiger partial charge in [0.2, 0.25) is 0 Å². The Labute approximate surface area is 337 Å². The molecule has 6 heteroatoms. The lowest BCUT2D eigenvalue weighted by Crippen LogP contribution is -2.11. The third-order valence-electron chi connectivity index (χ3n) is 12.3. The van der Waals surface area contributed by atoms with Crippen LogP contribution < -0.4 is 0 Å². The van der Waals surface area contributed by atoms with Gasteiger partial charge in [-0.25, -0.2) is 15.0 Å². The summed E-state index contributed by atoms with van der Waals surface area (Å²) in [4.78, 5) is 16.0. The van der Waals surface area contributed by atoms with Crippen LogP contribution in [0.25, 0.3) is 110 Å². The van der Waals surface area contributed by atoms with E-state index in [2.05, 4.69) is 121 Å². The Morgan fingerprint density at radius 1 is 0.458 bits per heavy atom. The minimum Gasteiger partial charge on any atom is -0.456 e. The Bertz CT molecular complexity index is 3670. The van der Waals surface area contributed by atoms with Crippen LogP contribution >= 0.6 is 0 Å². The summed E-state index contributed by atoms with van der Waals surface area (Å²) in [5, 5.41) is 8.52. The summed E-state index contributed by atoms with van der Waals surface area (Å²) < 4.78 is 19.4. The molecule has 6 nitrogen and oxygen atoms in total. The summed E-state index contributed by atoms with van der Waals surface area (Å²) in [5.74, 6) is 1.94. The zero-order chi connectivity index (χ0) is 38.6. The Kier molecular flexibility index (Phi) is 6.87. The number of aromatic nitrogens is 3. The van der Waals surface area contributed by atoms with E-state index >= 15 is 0 Å². The number of para-hydroxylation sites is 2. The van der Waals surface area contributed by atoms with E-state index < -0.39 is 0 Å². The van der Waals surface area contributed by atoms with Crippen molar-refractivity contribution in [3.63, 3.8) is 0 Å². The Morgan fingerprint density at radius 2 is 1.19 bits per heavy atom. The normalized spacial score (nSPS) is 15.6. The molecule has 0 spiro atoms. The molecule has 278 valence electrons. The van der Waals surface area contributed by atoms with Gasteiger partial charge in [-0.05, 0) is 113 Å². The maximum absolute atomic E-state index is 6.69. The largest absolute Gasteiger partial charge is 0.456 e. The number of fused-ring (bicyclic) bond motifs is 10. The van der Waals surface area contributed by atoms with Gasteiger partial charge in [-0.3, -0.25) is 0 Å². The molecule has 4 heterocycles. The summed E-state index contributed by atoms with van der Waals surface area (Å²) in [5.41, 5.74) is 11.5. The molecule has 7 aromatic carbocycles. The molecule has 1 atom stereocenters. The molecule has 0 N–H and O–H groups in total. The first-order chi connectivity index (χ1) is 29.2. The standard InChI is InChI=1S/C53H33N3O3/c1-2-11-31-24-34(21-20-30(31)10-1)51-54-52(35-22-23-45-40(26-35)38-14-5-7-17-43(38)57-45)56-53(55-51)42-27-36(29-48-50(42)39-15-6-8-18-44(39)58-48)37-16-9-19-46-49(37)41-25-32-12-3-4-13-33(32)28-47(41)59-46/h2-9,11-23,25-29,34H,1,10,24H2. The van der Waals surface area contributed by atoms with Crippen LogP contribution in [0.3, 0.4) is 0 Å². The number of allylic oxidation sites excluding steroid dienone is 6. The van der Waals surface area contributed by atoms with Gasteiger partial charge in [0, 0.05) is 49.4 Å². The van der Waals surface area contributed by atoms with Crippen LogP contribution in [0.2, 0.25) is 0 Å². The van der Waals surface area contributed by atoms with Gasteiger partial charge in [-0.2, -0.15) is 0 Å². The lowest BCUT2D eigenvalue weighted by atomic mass is 9.84. The van der Waals surface area contributed by atoms with E-state index in [9.17, 15) is 0 Å². The van der Waals surface area contributed by atoms with Crippen LogP contribution in [0.1, 0.15) is 31.0 Å². The van der Waals surface area contributed by atoms with Crippen molar-refractivity contribution in [1.82, 2.24) is 15.0 Å². The molecule has 0 bridgehead atoms. The number of benzene rings is 7. The van der Waals surface area contributed by atoms with Crippen LogP contribution in [0, 0.1) is 0 Å². The average Bonchev–Trinajstić information content (AvgIpc) is 3.98. The van der Waals surface area contributed by atoms with E-state index in [1.165, 1.54) is 16.5 Å². The van der Waals surface area contributed by atoms with Crippen molar-refractivity contribution >= 4 is 76.6 Å². The molecule has 0 saturated carbocycles. The molecule has 13 rings (SSSR count). The van der Waals surface area contributed by atoms with Gasteiger partial charge in [0.25, 0.3) is 0 Å². The Morgan fingerprint density at radius 3 is 2.10 bits per heavy atom. The second-order valence-electron chi connectivity index (χ2n) is 15.8. The number of rotatable bonds is 4. The van der Waals surface area contributed by atoms with Gasteiger partial charge in [-0.1, -0.05) is 97.1 Å². The lowest BCUT2D eigenvalue weighted by molar-refractivity contribution is 0.668. The Hall–Kier alpha value is -7.57. The predicted octanol–water partition coefficient (Wildman–Crippen LogP) is 14.4. The van der Waals surface area contributed by atoms with E-state index in [-0.39, 0.29) is 5.92 Å². The highest BCUT2D eigenvalue weighted by atomic mass is 16.3. The highest BCUT2D eigenvalue weighted by Crippen LogP contribution is 2.44. The fourth-order valence-electron chi connectivity index (χ4n) is 9.45. The molecule has 0 radical (unpaired) electrons. The fraction of sp³-hybridized carbons (Fsp3) is 0.0755. The Balaban J connectivity index is 1.07. The minimum atomic E-state index is -0.0175. The van der Waals surface area contributed by atoms with Gasteiger partial charge in [-0.15, -0.1) is 0 Å². The molecule has 0 aliphatic heterocycles. The van der Waals surface area contributed by atoms with E-state index in [0.717, 1.165) is 119 Å². The van der Waals surface area contributed by atoms with Gasteiger partial charge in [0.15, 0.2) is 11.6 Å². The lowest BCUT2D eigenvalue weighted by Gasteiger charge is -2.22. The van der Waals surface area contributed by atoms with E-state index in [4.69, 9.17) is 28.2 Å². The van der Waals surface area contributed by atoms with E-state index in [1.807, 2.05) is 36.4 Å². The number of hydrogen-bond acceptors (Lipinski definition) is 6. The van der Waals surface area contributed by atoms with Gasteiger partial charge >= 0.3 is 0 Å². The smallest absolute Gasteiger partial charge is 0.164 e. The van der Waals surface area contributed by atoms with Crippen LogP contribution in [0.5, 0.6) is 0 Å². The molecule has 0 fully saturated rings. The first-order valence-electron chi connectivity index (χ1n) is 20.2. The van der Waals surface area contributed by atoms with Crippen LogP contribution in [-0.4, -0.2) is 15.0 Å². The van der Waals surface area contributed by atoms with Crippen molar-refractivity contribution in [3.05, 3.63) is 175 Å². The summed E-state index contributed by atoms with van der Waals surface area (Å²) in [7, 11) is 0. The zero-order valence-corrected chi connectivity index (χ0v) is 31.8. The molecular weight excluding hydrogens is 727 g/mol. The first-order valence-corrected chi connectivity index (χ1v) is 20.2.